The zero-order valence-corrected chi connectivity index (χ0v) is 12.5. The van der Waals surface area contributed by atoms with Crippen molar-refractivity contribution in [3.8, 4) is 0 Å². The Morgan fingerprint density at radius 3 is 2.73 bits per heavy atom. The van der Waals surface area contributed by atoms with Crippen LogP contribution in [0.5, 0.6) is 0 Å². The number of hydrogen-bond acceptors (Lipinski definition) is 4. The van der Waals surface area contributed by atoms with Crippen LogP contribution < -0.4 is 5.32 Å². The van der Waals surface area contributed by atoms with Crippen molar-refractivity contribution in [2.24, 2.45) is 0 Å². The quantitative estimate of drug-likeness (QED) is 0.803. The van der Waals surface area contributed by atoms with Gasteiger partial charge in [0.2, 0.25) is 11.8 Å². The number of benzene rings is 2. The van der Waals surface area contributed by atoms with Crippen LogP contribution in [0.3, 0.4) is 0 Å². The Hall–Kier alpha value is -2.69. The molecule has 3 aromatic rings. The summed E-state index contributed by atoms with van der Waals surface area (Å²) in [6.07, 6.45) is 0.322. The number of carbonyl (C=O) groups excluding carboxylic acids is 1. The molecule has 2 aromatic carbocycles. The van der Waals surface area contributed by atoms with Gasteiger partial charge in [0.1, 0.15) is 6.04 Å². The molecule has 1 atom stereocenters. The summed E-state index contributed by atoms with van der Waals surface area (Å²) in [5.41, 5.74) is 0.977. The van der Waals surface area contributed by atoms with Gasteiger partial charge in [0, 0.05) is 0 Å². The number of hydrogen-bond donors (Lipinski definition) is 1. The number of fused-ring (bicyclic) bond motifs is 1. The fourth-order valence-electron chi connectivity index (χ4n) is 2.38. The van der Waals surface area contributed by atoms with Gasteiger partial charge in [-0.2, -0.15) is 4.98 Å². The minimum absolute atomic E-state index is 0.0707. The largest absolute Gasteiger partial charge is 0.344 e. The maximum absolute atomic E-state index is 12.1. The number of aromatic nitrogens is 2. The van der Waals surface area contributed by atoms with Crippen LogP contribution in [-0.2, 0) is 11.2 Å². The molecule has 0 aliphatic heterocycles. The number of aryl methyl sites for hydroxylation is 1. The second-order valence-corrected chi connectivity index (χ2v) is 5.33. The highest BCUT2D eigenvalue weighted by Gasteiger charge is 2.15. The molecule has 5 heteroatoms. The standard InChI is InChI=1S/C17H17N3O2/c1-11(17-19-12(2)20-22-17)18-16(21)10-13-7-8-14-5-3-4-6-15(14)9-13/h3-9,11H,10H2,1-2H3,(H,18,21). The summed E-state index contributed by atoms with van der Waals surface area (Å²) >= 11 is 0. The van der Waals surface area contributed by atoms with Crippen molar-refractivity contribution in [2.45, 2.75) is 26.3 Å². The first-order chi connectivity index (χ1) is 10.6. The highest BCUT2D eigenvalue weighted by atomic mass is 16.5. The first-order valence-corrected chi connectivity index (χ1v) is 7.19. The van der Waals surface area contributed by atoms with Gasteiger partial charge in [0.25, 0.3) is 0 Å². The molecule has 3 rings (SSSR count). The number of nitrogens with zero attached hydrogens (tertiary/aromatic N) is 2. The summed E-state index contributed by atoms with van der Waals surface area (Å²) in [6.45, 7) is 3.57. The molecule has 0 fully saturated rings. The third-order valence-electron chi connectivity index (χ3n) is 3.47. The number of nitrogens with one attached hydrogen (secondary N) is 1. The molecule has 0 spiro atoms. The normalized spacial score (nSPS) is 12.3. The van der Waals surface area contributed by atoms with Crippen molar-refractivity contribution in [3.63, 3.8) is 0 Å². The monoisotopic (exact) mass is 295 g/mol. The second-order valence-electron chi connectivity index (χ2n) is 5.33. The molecule has 1 unspecified atom stereocenters. The van der Waals surface area contributed by atoms with Gasteiger partial charge in [-0.25, -0.2) is 0 Å². The summed E-state index contributed by atoms with van der Waals surface area (Å²) in [4.78, 5) is 16.3. The minimum Gasteiger partial charge on any atom is -0.344 e. The predicted octanol–water partition coefficient (Wildman–Crippen LogP) is 2.95. The van der Waals surface area contributed by atoms with Crippen molar-refractivity contribution < 1.29 is 9.32 Å². The van der Waals surface area contributed by atoms with Crippen molar-refractivity contribution >= 4 is 16.7 Å². The maximum Gasteiger partial charge on any atom is 0.248 e. The molecule has 0 radical (unpaired) electrons. The van der Waals surface area contributed by atoms with Crippen LogP contribution >= 0.6 is 0 Å². The molecule has 112 valence electrons. The van der Waals surface area contributed by atoms with E-state index in [4.69, 9.17) is 4.52 Å². The molecular formula is C17H17N3O2. The summed E-state index contributed by atoms with van der Waals surface area (Å²) in [6, 6.07) is 13.8. The number of rotatable bonds is 4. The van der Waals surface area contributed by atoms with Gasteiger partial charge in [-0.1, -0.05) is 47.6 Å². The molecule has 1 amide bonds. The molecule has 1 heterocycles. The van der Waals surface area contributed by atoms with E-state index >= 15 is 0 Å². The highest BCUT2D eigenvalue weighted by molar-refractivity contribution is 5.85. The molecule has 1 aromatic heterocycles. The van der Waals surface area contributed by atoms with Crippen LogP contribution in [0.4, 0.5) is 0 Å². The van der Waals surface area contributed by atoms with Gasteiger partial charge >= 0.3 is 0 Å². The molecule has 0 aliphatic rings. The second kappa shape index (κ2) is 5.97. The molecule has 22 heavy (non-hydrogen) atoms. The van der Waals surface area contributed by atoms with Crippen LogP contribution in [-0.4, -0.2) is 16.0 Å². The van der Waals surface area contributed by atoms with E-state index in [1.54, 1.807) is 6.92 Å². The Kier molecular flexibility index (Phi) is 3.87. The molecule has 5 nitrogen and oxygen atoms in total. The van der Waals surface area contributed by atoms with E-state index < -0.39 is 0 Å². The summed E-state index contributed by atoms with van der Waals surface area (Å²) < 4.78 is 5.06. The van der Waals surface area contributed by atoms with E-state index in [1.165, 1.54) is 5.39 Å². The lowest BCUT2D eigenvalue weighted by Crippen LogP contribution is -2.28. The number of carbonyl (C=O) groups is 1. The van der Waals surface area contributed by atoms with Gasteiger partial charge in [0.15, 0.2) is 5.82 Å². The summed E-state index contributed by atoms with van der Waals surface area (Å²) in [7, 11) is 0. The number of amides is 1. The molecule has 0 bridgehead atoms. The van der Waals surface area contributed by atoms with E-state index in [9.17, 15) is 4.79 Å². The zero-order chi connectivity index (χ0) is 15.5. The van der Waals surface area contributed by atoms with Crippen molar-refractivity contribution in [1.29, 1.82) is 0 Å². The molecule has 0 saturated heterocycles. The highest BCUT2D eigenvalue weighted by Crippen LogP contribution is 2.16. The van der Waals surface area contributed by atoms with E-state index in [1.807, 2.05) is 43.3 Å². The Morgan fingerprint density at radius 1 is 1.23 bits per heavy atom. The summed E-state index contributed by atoms with van der Waals surface area (Å²) in [5, 5.41) is 8.90. The lowest BCUT2D eigenvalue weighted by molar-refractivity contribution is -0.121. The van der Waals surface area contributed by atoms with Crippen LogP contribution in [0.15, 0.2) is 47.0 Å². The third kappa shape index (κ3) is 3.14. The fraction of sp³-hybridized carbons (Fsp3) is 0.235. The minimum atomic E-state index is -0.297. The third-order valence-corrected chi connectivity index (χ3v) is 3.47. The van der Waals surface area contributed by atoms with E-state index in [0.717, 1.165) is 10.9 Å². The van der Waals surface area contributed by atoms with Gasteiger partial charge in [0.05, 0.1) is 6.42 Å². The van der Waals surface area contributed by atoms with Gasteiger partial charge in [-0.05, 0) is 30.2 Å². The topological polar surface area (TPSA) is 68.0 Å². The van der Waals surface area contributed by atoms with Crippen molar-refractivity contribution in [1.82, 2.24) is 15.5 Å². The first-order valence-electron chi connectivity index (χ1n) is 7.19. The van der Waals surface area contributed by atoms with Crippen LogP contribution in [0, 0.1) is 6.92 Å². The Morgan fingerprint density at radius 2 is 2.00 bits per heavy atom. The van der Waals surface area contributed by atoms with Crippen LogP contribution in [0.25, 0.3) is 10.8 Å². The van der Waals surface area contributed by atoms with E-state index in [-0.39, 0.29) is 11.9 Å². The Bertz CT molecular complexity index is 810. The van der Waals surface area contributed by atoms with E-state index in [0.29, 0.717) is 18.1 Å². The Labute approximate surface area is 128 Å². The van der Waals surface area contributed by atoms with Crippen molar-refractivity contribution in [3.05, 3.63) is 59.7 Å². The van der Waals surface area contributed by atoms with Crippen molar-refractivity contribution in [2.75, 3.05) is 0 Å². The van der Waals surface area contributed by atoms with E-state index in [2.05, 4.69) is 21.5 Å². The van der Waals surface area contributed by atoms with Gasteiger partial charge in [-0.15, -0.1) is 0 Å². The first kappa shape index (κ1) is 14.3. The van der Waals surface area contributed by atoms with Crippen LogP contribution in [0.1, 0.15) is 30.2 Å². The molecule has 0 aliphatic carbocycles. The SMILES string of the molecule is Cc1noc(C(C)NC(=O)Cc2ccc3ccccc3c2)n1. The maximum atomic E-state index is 12.1. The van der Waals surface area contributed by atoms with Crippen LogP contribution in [0.2, 0.25) is 0 Å². The zero-order valence-electron chi connectivity index (χ0n) is 12.5. The lowest BCUT2D eigenvalue weighted by Gasteiger charge is -2.10. The summed E-state index contributed by atoms with van der Waals surface area (Å²) in [5.74, 6) is 0.911. The molecule has 0 saturated carbocycles. The Balaban J connectivity index is 1.67. The molecule has 1 N–H and O–H groups in total. The smallest absolute Gasteiger partial charge is 0.248 e. The fourth-order valence-corrected chi connectivity index (χ4v) is 2.38. The van der Waals surface area contributed by atoms with Gasteiger partial charge < -0.3 is 9.84 Å². The van der Waals surface area contributed by atoms with Gasteiger partial charge in [-0.3, -0.25) is 4.79 Å². The lowest BCUT2D eigenvalue weighted by atomic mass is 10.0. The average molecular weight is 295 g/mol. The predicted molar refractivity (Wildman–Crippen MR) is 83.2 cm³/mol. The molecular weight excluding hydrogens is 278 g/mol. The average Bonchev–Trinajstić information content (AvgIpc) is 2.94.